The summed E-state index contributed by atoms with van der Waals surface area (Å²) < 4.78 is 55.3. The minimum absolute atomic E-state index is 0.0975. The molecule has 5 heterocycles. The molecule has 12 nitrogen and oxygen atoms in total. The summed E-state index contributed by atoms with van der Waals surface area (Å²) in [6, 6.07) is 6.46. The molecule has 1 amide bonds. The van der Waals surface area contributed by atoms with E-state index in [1.807, 2.05) is 6.92 Å². The first kappa shape index (κ1) is 29.6. The largest absolute Gasteiger partial charge is 0.491 e. The van der Waals surface area contributed by atoms with Crippen molar-refractivity contribution in [3.05, 3.63) is 56.9 Å². The number of aromatic nitrogens is 2. The fourth-order valence-electron chi connectivity index (χ4n) is 5.76. The van der Waals surface area contributed by atoms with E-state index in [0.717, 1.165) is 5.56 Å². The van der Waals surface area contributed by atoms with Gasteiger partial charge in [-0.3, -0.25) is 4.79 Å². The standard InChI is InChI=1S/C29H27F3N4O8/c1-3-14-5-6-19(42-27(40)35-9-7-33-8-10-35)16-11-15-13-36-18(22(15)34-21(14)16)12-17-20(23(36)37)24(44-26(39)29(30,31)32)43-25(38)28(17,41)4-2/h5-6,11-12,24,33,41H,3-4,7-10,13H2,1-2H3/t24?,28-/m0/s1. The molecule has 2 atom stereocenters. The summed E-state index contributed by atoms with van der Waals surface area (Å²) in [7, 11) is 0. The second-order valence-electron chi connectivity index (χ2n) is 10.7. The molecule has 1 unspecified atom stereocenters. The number of alkyl halides is 3. The van der Waals surface area contributed by atoms with Gasteiger partial charge >= 0.3 is 24.2 Å². The number of pyridine rings is 2. The van der Waals surface area contributed by atoms with E-state index in [0.29, 0.717) is 54.8 Å². The van der Waals surface area contributed by atoms with Crippen LogP contribution in [0.15, 0.2) is 29.1 Å². The molecule has 0 bridgehead atoms. The number of aliphatic hydroxyl groups is 1. The van der Waals surface area contributed by atoms with Gasteiger partial charge < -0.3 is 34.1 Å². The highest BCUT2D eigenvalue weighted by atomic mass is 19.4. The highest BCUT2D eigenvalue weighted by Crippen LogP contribution is 2.43. The molecule has 1 saturated heterocycles. The van der Waals surface area contributed by atoms with Gasteiger partial charge in [0.15, 0.2) is 5.60 Å². The molecular formula is C29H27F3N4O8. The number of hydrogen-bond donors (Lipinski definition) is 2. The van der Waals surface area contributed by atoms with Gasteiger partial charge in [0.05, 0.1) is 23.4 Å². The average Bonchev–Trinajstić information content (AvgIpc) is 3.36. The fourth-order valence-corrected chi connectivity index (χ4v) is 5.76. The van der Waals surface area contributed by atoms with Crippen LogP contribution in [0.1, 0.15) is 48.8 Å². The molecule has 3 aliphatic rings. The normalized spacial score (nSPS) is 20.9. The number of rotatable bonds is 4. The smallest absolute Gasteiger partial charge is 0.418 e. The zero-order valence-electron chi connectivity index (χ0n) is 23.6. The summed E-state index contributed by atoms with van der Waals surface area (Å²) in [6.45, 7) is 5.48. The van der Waals surface area contributed by atoms with Crippen LogP contribution in [0.4, 0.5) is 18.0 Å². The topological polar surface area (TPSA) is 149 Å². The van der Waals surface area contributed by atoms with E-state index in [9.17, 15) is 37.5 Å². The van der Waals surface area contributed by atoms with Gasteiger partial charge in [-0.25, -0.2) is 19.4 Å². The van der Waals surface area contributed by atoms with E-state index in [1.165, 1.54) is 17.6 Å². The minimum Gasteiger partial charge on any atom is -0.418 e. The van der Waals surface area contributed by atoms with Crippen LogP contribution in [0, 0.1) is 0 Å². The molecule has 2 N–H and O–H groups in total. The number of nitrogens with one attached hydrogen (secondary N) is 1. The Morgan fingerprint density at radius 3 is 2.57 bits per heavy atom. The number of hydrogen-bond acceptors (Lipinski definition) is 10. The van der Waals surface area contributed by atoms with Crippen molar-refractivity contribution in [2.45, 2.75) is 51.3 Å². The lowest BCUT2D eigenvalue weighted by molar-refractivity contribution is -0.236. The summed E-state index contributed by atoms with van der Waals surface area (Å²) in [5.41, 5.74) is -1.92. The van der Waals surface area contributed by atoms with Gasteiger partial charge in [-0.1, -0.05) is 19.9 Å². The van der Waals surface area contributed by atoms with Crippen molar-refractivity contribution in [1.29, 1.82) is 0 Å². The summed E-state index contributed by atoms with van der Waals surface area (Å²) >= 11 is 0. The first-order valence-electron chi connectivity index (χ1n) is 14.0. The second kappa shape index (κ2) is 10.6. The SMILES string of the molecule is CCc1ccc(OC(=O)N2CCNCC2)c2cc3c(nc12)-c1cc2c(c(=O)n1C3)C(OC(=O)C(F)(F)F)OC(=O)[C@]2(O)CC. The molecule has 3 aromatic rings. The molecule has 232 valence electrons. The number of benzene rings is 1. The predicted octanol–water partition coefficient (Wildman–Crippen LogP) is 2.65. The molecule has 1 aromatic carbocycles. The average molecular weight is 617 g/mol. The van der Waals surface area contributed by atoms with E-state index >= 15 is 0 Å². The zero-order valence-corrected chi connectivity index (χ0v) is 23.6. The van der Waals surface area contributed by atoms with E-state index in [2.05, 4.69) is 10.1 Å². The van der Waals surface area contributed by atoms with Crippen molar-refractivity contribution in [2.24, 2.45) is 0 Å². The Morgan fingerprint density at radius 1 is 1.18 bits per heavy atom. The molecule has 0 spiro atoms. The Bertz CT molecular complexity index is 1780. The minimum atomic E-state index is -5.43. The van der Waals surface area contributed by atoms with Gasteiger partial charge in [0, 0.05) is 42.7 Å². The van der Waals surface area contributed by atoms with E-state index < -0.39 is 47.2 Å². The molecule has 6 rings (SSSR count). The number of carbonyl (C=O) groups is 3. The van der Waals surface area contributed by atoms with Crippen molar-refractivity contribution in [2.75, 3.05) is 26.2 Å². The lowest BCUT2D eigenvalue weighted by Crippen LogP contribution is -2.47. The van der Waals surface area contributed by atoms with E-state index in [4.69, 9.17) is 14.5 Å². The number of aryl methyl sites for hydroxylation is 1. The summed E-state index contributed by atoms with van der Waals surface area (Å²) in [6.07, 6.45) is -8.00. The Labute approximate surface area is 247 Å². The number of fused-ring (bicyclic) bond motifs is 5. The summed E-state index contributed by atoms with van der Waals surface area (Å²) in [5.74, 6) is -3.78. The monoisotopic (exact) mass is 616 g/mol. The number of carbonyl (C=O) groups excluding carboxylic acids is 3. The third kappa shape index (κ3) is 4.66. The number of amides is 1. The van der Waals surface area contributed by atoms with Crippen molar-refractivity contribution < 1.29 is 46.9 Å². The first-order chi connectivity index (χ1) is 20.9. The summed E-state index contributed by atoms with van der Waals surface area (Å²) in [4.78, 5) is 57.5. The molecule has 3 aliphatic heterocycles. The maximum absolute atomic E-state index is 13.8. The first-order valence-corrected chi connectivity index (χ1v) is 14.0. The highest BCUT2D eigenvalue weighted by Gasteiger charge is 2.52. The Kier molecular flexibility index (Phi) is 7.12. The fraction of sp³-hybridized carbons (Fsp3) is 0.414. The molecule has 1 fully saturated rings. The van der Waals surface area contributed by atoms with Gasteiger partial charge in [0.1, 0.15) is 11.3 Å². The van der Waals surface area contributed by atoms with Crippen molar-refractivity contribution in [3.8, 4) is 17.1 Å². The van der Waals surface area contributed by atoms with Gasteiger partial charge in [0.2, 0.25) is 0 Å². The molecule has 0 saturated carbocycles. The van der Waals surface area contributed by atoms with Crippen LogP contribution in [0.3, 0.4) is 0 Å². The molecule has 2 aromatic heterocycles. The Balaban J connectivity index is 1.48. The van der Waals surface area contributed by atoms with Gasteiger partial charge in [-0.15, -0.1) is 0 Å². The van der Waals surface area contributed by atoms with Crippen LogP contribution in [0.2, 0.25) is 0 Å². The second-order valence-corrected chi connectivity index (χ2v) is 10.7. The molecule has 0 aliphatic carbocycles. The van der Waals surface area contributed by atoms with Crippen molar-refractivity contribution >= 4 is 28.9 Å². The number of halogens is 3. The quantitative estimate of drug-likeness (QED) is 0.328. The Hall–Kier alpha value is -4.50. The third-order valence-corrected chi connectivity index (χ3v) is 8.16. The van der Waals surface area contributed by atoms with Crippen LogP contribution < -0.4 is 15.6 Å². The highest BCUT2D eigenvalue weighted by molar-refractivity contribution is 5.93. The number of piperazine rings is 1. The predicted molar refractivity (Wildman–Crippen MR) is 146 cm³/mol. The number of ether oxygens (including phenoxy) is 3. The Morgan fingerprint density at radius 2 is 1.91 bits per heavy atom. The van der Waals surface area contributed by atoms with Crippen molar-refractivity contribution in [1.82, 2.24) is 19.8 Å². The van der Waals surface area contributed by atoms with E-state index in [-0.39, 0.29) is 30.0 Å². The zero-order chi connectivity index (χ0) is 31.6. The van der Waals surface area contributed by atoms with Crippen LogP contribution >= 0.6 is 0 Å². The van der Waals surface area contributed by atoms with Crippen LogP contribution in [0.25, 0.3) is 22.3 Å². The van der Waals surface area contributed by atoms with E-state index in [1.54, 1.807) is 23.1 Å². The van der Waals surface area contributed by atoms with Gasteiger partial charge in [-0.2, -0.15) is 13.2 Å². The van der Waals surface area contributed by atoms with Gasteiger partial charge in [0.25, 0.3) is 11.8 Å². The lowest BCUT2D eigenvalue weighted by Gasteiger charge is -2.35. The number of nitrogens with zero attached hydrogens (tertiary/aromatic N) is 3. The number of cyclic esters (lactones) is 1. The maximum Gasteiger partial charge on any atom is 0.491 e. The van der Waals surface area contributed by atoms with Crippen LogP contribution in [0.5, 0.6) is 5.75 Å². The number of esters is 2. The summed E-state index contributed by atoms with van der Waals surface area (Å²) in [5, 5.41) is 14.9. The molecule has 15 heteroatoms. The van der Waals surface area contributed by atoms with Crippen LogP contribution in [-0.2, 0) is 37.6 Å². The third-order valence-electron chi connectivity index (χ3n) is 8.16. The lowest BCUT2D eigenvalue weighted by atomic mass is 9.85. The van der Waals surface area contributed by atoms with Crippen molar-refractivity contribution in [3.63, 3.8) is 0 Å². The van der Waals surface area contributed by atoms with Gasteiger partial charge in [-0.05, 0) is 36.6 Å². The molecule has 0 radical (unpaired) electrons. The van der Waals surface area contributed by atoms with Crippen LogP contribution in [-0.4, -0.2) is 69.9 Å². The maximum atomic E-state index is 13.8. The molecular weight excluding hydrogens is 589 g/mol. The molecule has 44 heavy (non-hydrogen) atoms.